The van der Waals surface area contributed by atoms with Gasteiger partial charge < -0.3 is 10.6 Å². The number of nitrogens with zero attached hydrogens (tertiary/aromatic N) is 1. The molecule has 2 rings (SSSR count). The van der Waals surface area contributed by atoms with Crippen molar-refractivity contribution in [3.63, 3.8) is 0 Å². The molecule has 0 aliphatic carbocycles. The Bertz CT molecular complexity index is 581. The van der Waals surface area contributed by atoms with Gasteiger partial charge in [-0.05, 0) is 35.9 Å². The molecule has 2 N–H and O–H groups in total. The van der Waals surface area contributed by atoms with Gasteiger partial charge in [-0.25, -0.2) is 0 Å². The summed E-state index contributed by atoms with van der Waals surface area (Å²) in [5, 5.41) is 0. The van der Waals surface area contributed by atoms with Gasteiger partial charge >= 0.3 is 0 Å². The lowest BCUT2D eigenvalue weighted by Gasteiger charge is -2.17. The van der Waals surface area contributed by atoms with Gasteiger partial charge in [0.1, 0.15) is 0 Å². The number of carbonyl (C=O) groups is 1. The van der Waals surface area contributed by atoms with Crippen LogP contribution >= 0.6 is 15.9 Å². The van der Waals surface area contributed by atoms with Gasteiger partial charge in [-0.3, -0.25) is 4.79 Å². The summed E-state index contributed by atoms with van der Waals surface area (Å²) in [6.07, 6.45) is 0. The first kappa shape index (κ1) is 13.8. The van der Waals surface area contributed by atoms with Gasteiger partial charge in [0.2, 0.25) is 0 Å². The molecule has 4 heteroatoms. The van der Waals surface area contributed by atoms with Crippen LogP contribution in [0.1, 0.15) is 15.9 Å². The first-order valence-corrected chi connectivity index (χ1v) is 6.74. The van der Waals surface area contributed by atoms with Crippen molar-refractivity contribution in [2.45, 2.75) is 6.54 Å². The first-order valence-electron chi connectivity index (χ1n) is 5.94. The van der Waals surface area contributed by atoms with Crippen molar-refractivity contribution in [2.24, 2.45) is 5.73 Å². The van der Waals surface area contributed by atoms with Crippen LogP contribution in [0.5, 0.6) is 0 Å². The number of hydrogen-bond donors (Lipinski definition) is 1. The molecule has 19 heavy (non-hydrogen) atoms. The first-order chi connectivity index (χ1) is 9.11. The SMILES string of the molecule is CN(C(=O)c1ccc(CN)cc1)c1cccc(Br)c1. The lowest BCUT2D eigenvalue weighted by molar-refractivity contribution is 0.0993. The van der Waals surface area contributed by atoms with Crippen molar-refractivity contribution >= 4 is 27.5 Å². The van der Waals surface area contributed by atoms with Gasteiger partial charge in [0.25, 0.3) is 5.91 Å². The van der Waals surface area contributed by atoms with Crippen LogP contribution in [0, 0.1) is 0 Å². The second-order valence-corrected chi connectivity index (χ2v) is 5.16. The average Bonchev–Trinajstić information content (AvgIpc) is 2.46. The number of anilines is 1. The minimum absolute atomic E-state index is 0.0401. The Morgan fingerprint density at radius 3 is 2.47 bits per heavy atom. The Labute approximate surface area is 121 Å². The minimum Gasteiger partial charge on any atom is -0.326 e. The molecule has 0 heterocycles. The molecule has 1 amide bonds. The van der Waals surface area contributed by atoms with Crippen molar-refractivity contribution in [1.82, 2.24) is 0 Å². The summed E-state index contributed by atoms with van der Waals surface area (Å²) in [4.78, 5) is 14.0. The third-order valence-corrected chi connectivity index (χ3v) is 3.43. The van der Waals surface area contributed by atoms with E-state index in [0.29, 0.717) is 12.1 Å². The number of rotatable bonds is 3. The number of benzene rings is 2. The molecule has 0 bridgehead atoms. The summed E-state index contributed by atoms with van der Waals surface area (Å²) in [5.41, 5.74) is 8.06. The fourth-order valence-electron chi connectivity index (χ4n) is 1.78. The van der Waals surface area contributed by atoms with Gasteiger partial charge in [0.15, 0.2) is 0 Å². The number of nitrogens with two attached hydrogens (primary N) is 1. The average molecular weight is 319 g/mol. The minimum atomic E-state index is -0.0401. The summed E-state index contributed by atoms with van der Waals surface area (Å²) in [6, 6.07) is 15.0. The van der Waals surface area contributed by atoms with E-state index in [1.54, 1.807) is 24.1 Å². The Morgan fingerprint density at radius 2 is 1.89 bits per heavy atom. The molecular weight excluding hydrogens is 304 g/mol. The van der Waals surface area contributed by atoms with Gasteiger partial charge in [-0.2, -0.15) is 0 Å². The van der Waals surface area contributed by atoms with Crippen molar-refractivity contribution in [1.29, 1.82) is 0 Å². The molecule has 2 aromatic rings. The lowest BCUT2D eigenvalue weighted by Crippen LogP contribution is -2.26. The lowest BCUT2D eigenvalue weighted by atomic mass is 10.1. The van der Waals surface area contributed by atoms with Gasteiger partial charge in [0.05, 0.1) is 0 Å². The number of amides is 1. The summed E-state index contributed by atoms with van der Waals surface area (Å²) in [5.74, 6) is -0.0401. The van der Waals surface area contributed by atoms with Gasteiger partial charge in [0, 0.05) is 29.3 Å². The highest BCUT2D eigenvalue weighted by molar-refractivity contribution is 9.10. The molecule has 0 atom stereocenters. The summed E-state index contributed by atoms with van der Waals surface area (Å²) < 4.78 is 0.947. The van der Waals surface area contributed by atoms with Crippen molar-refractivity contribution in [3.8, 4) is 0 Å². The molecule has 0 aromatic heterocycles. The third-order valence-electron chi connectivity index (χ3n) is 2.94. The quantitative estimate of drug-likeness (QED) is 0.944. The molecular formula is C15H15BrN2O. The van der Waals surface area contributed by atoms with Crippen molar-refractivity contribution in [2.75, 3.05) is 11.9 Å². The molecule has 0 aliphatic rings. The van der Waals surface area contributed by atoms with E-state index in [9.17, 15) is 4.79 Å². The van der Waals surface area contributed by atoms with Crippen LogP contribution < -0.4 is 10.6 Å². The molecule has 0 aliphatic heterocycles. The normalized spacial score (nSPS) is 10.3. The standard InChI is InChI=1S/C15H15BrN2O/c1-18(14-4-2-3-13(16)9-14)15(19)12-7-5-11(10-17)6-8-12/h2-9H,10,17H2,1H3. The maximum Gasteiger partial charge on any atom is 0.258 e. The Balaban J connectivity index is 2.23. The van der Waals surface area contributed by atoms with E-state index in [-0.39, 0.29) is 5.91 Å². The predicted molar refractivity (Wildman–Crippen MR) is 81.2 cm³/mol. The molecule has 0 spiro atoms. The zero-order chi connectivity index (χ0) is 13.8. The van der Waals surface area contributed by atoms with E-state index < -0.39 is 0 Å². The molecule has 2 aromatic carbocycles. The Hall–Kier alpha value is -1.65. The van der Waals surface area contributed by atoms with Gasteiger partial charge in [-0.1, -0.05) is 34.1 Å². The Kier molecular flexibility index (Phi) is 4.35. The molecule has 98 valence electrons. The molecule has 0 fully saturated rings. The number of carbonyl (C=O) groups excluding carboxylic acids is 1. The van der Waals surface area contributed by atoms with Crippen LogP contribution in [-0.2, 0) is 6.54 Å². The topological polar surface area (TPSA) is 46.3 Å². The van der Waals surface area contributed by atoms with Crippen LogP contribution in [0.3, 0.4) is 0 Å². The van der Waals surface area contributed by atoms with Crippen LogP contribution in [0.2, 0.25) is 0 Å². The summed E-state index contributed by atoms with van der Waals surface area (Å²) in [6.45, 7) is 0.482. The van der Waals surface area contributed by atoms with Crippen LogP contribution in [0.15, 0.2) is 53.0 Å². The zero-order valence-electron chi connectivity index (χ0n) is 10.6. The van der Waals surface area contributed by atoms with E-state index >= 15 is 0 Å². The third kappa shape index (κ3) is 3.22. The molecule has 0 saturated carbocycles. The molecule has 3 nitrogen and oxygen atoms in total. The monoisotopic (exact) mass is 318 g/mol. The van der Waals surface area contributed by atoms with E-state index in [1.807, 2.05) is 36.4 Å². The number of hydrogen-bond acceptors (Lipinski definition) is 2. The predicted octanol–water partition coefficient (Wildman–Crippen LogP) is 3.18. The largest absolute Gasteiger partial charge is 0.326 e. The maximum absolute atomic E-state index is 12.3. The highest BCUT2D eigenvalue weighted by atomic mass is 79.9. The fraction of sp³-hybridized carbons (Fsp3) is 0.133. The highest BCUT2D eigenvalue weighted by Crippen LogP contribution is 2.20. The van der Waals surface area contributed by atoms with Crippen LogP contribution in [0.4, 0.5) is 5.69 Å². The fourth-order valence-corrected chi connectivity index (χ4v) is 2.17. The second-order valence-electron chi connectivity index (χ2n) is 4.25. The van der Waals surface area contributed by atoms with Crippen molar-refractivity contribution < 1.29 is 4.79 Å². The van der Waals surface area contributed by atoms with E-state index in [0.717, 1.165) is 15.7 Å². The number of halogens is 1. The summed E-state index contributed by atoms with van der Waals surface area (Å²) >= 11 is 3.40. The zero-order valence-corrected chi connectivity index (χ0v) is 12.2. The molecule has 0 saturated heterocycles. The van der Waals surface area contributed by atoms with E-state index in [4.69, 9.17) is 5.73 Å². The second kappa shape index (κ2) is 5.99. The molecule has 0 unspecified atom stereocenters. The summed E-state index contributed by atoms with van der Waals surface area (Å²) in [7, 11) is 1.76. The van der Waals surface area contributed by atoms with Gasteiger partial charge in [-0.15, -0.1) is 0 Å². The van der Waals surface area contributed by atoms with Crippen LogP contribution in [0.25, 0.3) is 0 Å². The van der Waals surface area contributed by atoms with E-state index in [2.05, 4.69) is 15.9 Å². The molecule has 0 radical (unpaired) electrons. The van der Waals surface area contributed by atoms with Crippen molar-refractivity contribution in [3.05, 3.63) is 64.1 Å². The Morgan fingerprint density at radius 1 is 1.21 bits per heavy atom. The van der Waals surface area contributed by atoms with E-state index in [1.165, 1.54) is 0 Å². The van der Waals surface area contributed by atoms with Crippen LogP contribution in [-0.4, -0.2) is 13.0 Å². The smallest absolute Gasteiger partial charge is 0.258 e. The maximum atomic E-state index is 12.3. The highest BCUT2D eigenvalue weighted by Gasteiger charge is 2.13.